The zero-order valence-corrected chi connectivity index (χ0v) is 6.02. The average Bonchev–Trinajstić information content (AvgIpc) is 2.35. The maximum Gasteiger partial charge on any atom is 0.329 e. The fourth-order valence-corrected chi connectivity index (χ4v) is 0.567. The van der Waals surface area contributed by atoms with Crippen LogP contribution in [0.4, 0.5) is 5.82 Å². The van der Waals surface area contributed by atoms with Gasteiger partial charge in [0.05, 0.1) is 13.3 Å². The van der Waals surface area contributed by atoms with Crippen LogP contribution in [0.2, 0.25) is 0 Å². The lowest BCUT2D eigenvalue weighted by Gasteiger charge is -1.95. The first-order valence-corrected chi connectivity index (χ1v) is 2.95. The van der Waals surface area contributed by atoms with Crippen molar-refractivity contribution in [1.82, 2.24) is 15.0 Å². The van der Waals surface area contributed by atoms with Crippen LogP contribution in [0.3, 0.4) is 0 Å². The molecule has 11 heavy (non-hydrogen) atoms. The first-order chi connectivity index (χ1) is 5.22. The maximum atomic E-state index is 10.6. The molecule has 0 aliphatic heterocycles. The van der Waals surface area contributed by atoms with Gasteiger partial charge in [0.2, 0.25) is 0 Å². The molecule has 0 atom stereocenters. The zero-order chi connectivity index (χ0) is 8.27. The Bertz CT molecular complexity index is 257. The van der Waals surface area contributed by atoms with E-state index in [1.807, 2.05) is 0 Å². The number of ether oxygens (including phenoxy) is 1. The predicted octanol–water partition coefficient (Wildman–Crippen LogP) is -0.967. The molecule has 0 amide bonds. The predicted molar refractivity (Wildman–Crippen MR) is 36.5 cm³/mol. The van der Waals surface area contributed by atoms with E-state index in [1.165, 1.54) is 18.1 Å². The van der Waals surface area contributed by atoms with Crippen molar-refractivity contribution in [2.45, 2.75) is 6.54 Å². The summed E-state index contributed by atoms with van der Waals surface area (Å²) in [6, 6.07) is 0. The van der Waals surface area contributed by atoms with E-state index in [0.717, 1.165) is 0 Å². The van der Waals surface area contributed by atoms with Crippen molar-refractivity contribution >= 4 is 11.8 Å². The summed E-state index contributed by atoms with van der Waals surface area (Å²) in [6.07, 6.45) is 1.36. The van der Waals surface area contributed by atoms with Crippen LogP contribution in [0.25, 0.3) is 0 Å². The van der Waals surface area contributed by atoms with Crippen LogP contribution in [0.5, 0.6) is 0 Å². The highest BCUT2D eigenvalue weighted by Crippen LogP contribution is 1.90. The second-order valence-corrected chi connectivity index (χ2v) is 1.88. The Labute approximate surface area is 62.9 Å². The van der Waals surface area contributed by atoms with Gasteiger partial charge in [0, 0.05) is 0 Å². The number of hydrogen-bond acceptors (Lipinski definition) is 5. The minimum atomic E-state index is -0.402. The summed E-state index contributed by atoms with van der Waals surface area (Å²) in [5, 5.41) is 7.36. The summed E-state index contributed by atoms with van der Waals surface area (Å²) in [7, 11) is 1.30. The maximum absolute atomic E-state index is 10.6. The lowest BCUT2D eigenvalue weighted by molar-refractivity contribution is -0.141. The van der Waals surface area contributed by atoms with Gasteiger partial charge < -0.3 is 10.5 Å². The van der Waals surface area contributed by atoms with Crippen LogP contribution >= 0.6 is 0 Å². The second-order valence-electron chi connectivity index (χ2n) is 1.88. The van der Waals surface area contributed by atoms with Crippen LogP contribution < -0.4 is 5.73 Å². The summed E-state index contributed by atoms with van der Waals surface area (Å²) in [4.78, 5) is 11.8. The van der Waals surface area contributed by atoms with Gasteiger partial charge >= 0.3 is 5.97 Å². The molecule has 6 nitrogen and oxygen atoms in total. The number of esters is 1. The Kier molecular flexibility index (Phi) is 2.05. The molecular formula is C5H8N4O2. The molecule has 0 saturated carbocycles. The van der Waals surface area contributed by atoms with E-state index < -0.39 is 5.97 Å². The fourth-order valence-electron chi connectivity index (χ4n) is 0.567. The first-order valence-electron chi connectivity index (χ1n) is 2.95. The number of carbonyl (C=O) groups is 1. The van der Waals surface area contributed by atoms with Crippen LogP contribution in [0.15, 0.2) is 6.20 Å². The molecule has 6 heteroatoms. The molecule has 0 spiro atoms. The zero-order valence-electron chi connectivity index (χ0n) is 6.02. The lowest BCUT2D eigenvalue weighted by atomic mass is 10.7. The summed E-state index contributed by atoms with van der Waals surface area (Å²) in [5.74, 6) is -0.116. The van der Waals surface area contributed by atoms with Crippen molar-refractivity contribution in [1.29, 1.82) is 0 Å². The highest BCUT2D eigenvalue weighted by molar-refractivity contribution is 5.68. The Morgan fingerprint density at radius 3 is 3.09 bits per heavy atom. The number of carbonyl (C=O) groups excluding carboxylic acids is 1. The third-order valence-corrected chi connectivity index (χ3v) is 1.05. The van der Waals surface area contributed by atoms with Gasteiger partial charge in [-0.3, -0.25) is 0 Å². The third-order valence-electron chi connectivity index (χ3n) is 1.05. The van der Waals surface area contributed by atoms with Gasteiger partial charge in [0.15, 0.2) is 12.4 Å². The van der Waals surface area contributed by atoms with Gasteiger partial charge in [0.25, 0.3) is 0 Å². The SMILES string of the molecule is COC(=O)Cn1ncc(N)n1. The minimum absolute atomic E-state index is 0.00625. The largest absolute Gasteiger partial charge is 0.468 e. The quantitative estimate of drug-likeness (QED) is 0.557. The number of methoxy groups -OCH3 is 1. The van der Waals surface area contributed by atoms with Gasteiger partial charge in [-0.05, 0) is 0 Å². The number of rotatable bonds is 2. The van der Waals surface area contributed by atoms with Crippen molar-refractivity contribution in [3.8, 4) is 0 Å². The van der Waals surface area contributed by atoms with Crippen molar-refractivity contribution < 1.29 is 9.53 Å². The number of aromatic nitrogens is 3. The Morgan fingerprint density at radius 2 is 2.64 bits per heavy atom. The molecule has 1 aromatic heterocycles. The van der Waals surface area contributed by atoms with E-state index >= 15 is 0 Å². The summed E-state index contributed by atoms with van der Waals surface area (Å²) < 4.78 is 4.38. The summed E-state index contributed by atoms with van der Waals surface area (Å²) >= 11 is 0. The number of nitrogens with two attached hydrogens (primary N) is 1. The van der Waals surface area contributed by atoms with Crippen LogP contribution in [0.1, 0.15) is 0 Å². The molecule has 0 fully saturated rings. The molecule has 0 saturated heterocycles. The van der Waals surface area contributed by atoms with E-state index in [9.17, 15) is 4.79 Å². The summed E-state index contributed by atoms with van der Waals surface area (Å²) in [5.41, 5.74) is 5.25. The Hall–Kier alpha value is -1.59. The van der Waals surface area contributed by atoms with Crippen LogP contribution in [-0.2, 0) is 16.1 Å². The fraction of sp³-hybridized carbons (Fsp3) is 0.400. The molecule has 0 unspecified atom stereocenters. The van der Waals surface area contributed by atoms with Gasteiger partial charge in [-0.15, -0.1) is 5.10 Å². The van der Waals surface area contributed by atoms with Crippen molar-refractivity contribution in [3.05, 3.63) is 6.20 Å². The molecule has 0 radical (unpaired) electrons. The van der Waals surface area contributed by atoms with Crippen LogP contribution in [0, 0.1) is 0 Å². The van der Waals surface area contributed by atoms with Crippen molar-refractivity contribution in [3.63, 3.8) is 0 Å². The number of nitrogen functional groups attached to an aromatic ring is 1. The highest BCUT2D eigenvalue weighted by Gasteiger charge is 2.02. The third kappa shape index (κ3) is 1.92. The standard InChI is InChI=1S/C5H8N4O2/c1-11-5(10)3-9-7-2-4(6)8-9/h2H,3H2,1H3,(H2,6,8). The molecule has 0 aromatic carbocycles. The monoisotopic (exact) mass is 156 g/mol. The van der Waals surface area contributed by atoms with Gasteiger partial charge in [-0.25, -0.2) is 4.79 Å². The molecule has 1 aromatic rings. The molecule has 0 bridgehead atoms. The van der Waals surface area contributed by atoms with Crippen LogP contribution in [-0.4, -0.2) is 28.1 Å². The van der Waals surface area contributed by atoms with E-state index in [4.69, 9.17) is 5.73 Å². The van der Waals surface area contributed by atoms with Gasteiger partial charge in [-0.1, -0.05) is 0 Å². The van der Waals surface area contributed by atoms with E-state index in [-0.39, 0.29) is 12.4 Å². The molecule has 1 rings (SSSR count). The topological polar surface area (TPSA) is 83.0 Å². The van der Waals surface area contributed by atoms with Gasteiger partial charge in [0.1, 0.15) is 0 Å². The highest BCUT2D eigenvalue weighted by atomic mass is 16.5. The first kappa shape index (κ1) is 7.52. The molecule has 0 aliphatic carbocycles. The number of nitrogens with zero attached hydrogens (tertiary/aromatic N) is 3. The Morgan fingerprint density at radius 1 is 1.91 bits per heavy atom. The molecule has 1 heterocycles. The van der Waals surface area contributed by atoms with E-state index in [0.29, 0.717) is 0 Å². The van der Waals surface area contributed by atoms with Gasteiger partial charge in [-0.2, -0.15) is 9.90 Å². The smallest absolute Gasteiger partial charge is 0.329 e. The molecular weight excluding hydrogens is 148 g/mol. The molecule has 0 aliphatic rings. The van der Waals surface area contributed by atoms with E-state index in [1.54, 1.807) is 0 Å². The summed E-state index contributed by atoms with van der Waals surface area (Å²) in [6.45, 7) is -0.00625. The number of anilines is 1. The van der Waals surface area contributed by atoms with E-state index in [2.05, 4.69) is 14.9 Å². The van der Waals surface area contributed by atoms with Crippen molar-refractivity contribution in [2.24, 2.45) is 0 Å². The molecule has 2 N–H and O–H groups in total. The normalized spacial score (nSPS) is 9.55. The number of hydrogen-bond donors (Lipinski definition) is 1. The Balaban J connectivity index is 2.57. The average molecular weight is 156 g/mol. The molecule has 60 valence electrons. The minimum Gasteiger partial charge on any atom is -0.468 e. The second kappa shape index (κ2) is 3.00. The van der Waals surface area contributed by atoms with Crippen molar-refractivity contribution in [2.75, 3.05) is 12.8 Å². The lowest BCUT2D eigenvalue weighted by Crippen LogP contribution is -2.13.